The van der Waals surface area contributed by atoms with E-state index < -0.39 is 27.7 Å². The molecule has 0 saturated carbocycles. The number of rotatable bonds is 9. The first kappa shape index (κ1) is 28.1. The highest BCUT2D eigenvalue weighted by molar-refractivity contribution is 7.85. The molecular formula is C29H32N2O7S. The molecule has 10 heteroatoms. The molecule has 39 heavy (non-hydrogen) atoms. The summed E-state index contributed by atoms with van der Waals surface area (Å²) in [6, 6.07) is 20.0. The van der Waals surface area contributed by atoms with Crippen LogP contribution >= 0.6 is 0 Å². The molecule has 2 amide bonds. The highest BCUT2D eigenvalue weighted by atomic mass is 32.2. The molecule has 0 fully saturated rings. The van der Waals surface area contributed by atoms with Gasteiger partial charge in [0.25, 0.3) is 16.0 Å². The van der Waals surface area contributed by atoms with Gasteiger partial charge < -0.3 is 20.1 Å². The first-order valence-corrected chi connectivity index (χ1v) is 14.1. The minimum absolute atomic E-state index is 0.0272. The summed E-state index contributed by atoms with van der Waals surface area (Å²) in [5.41, 5.74) is 3.76. The van der Waals surface area contributed by atoms with Crippen LogP contribution in [-0.4, -0.2) is 43.9 Å². The molecule has 1 aliphatic heterocycles. The zero-order chi connectivity index (χ0) is 28.2. The second kappa shape index (κ2) is 11.5. The molecule has 3 N–H and O–H groups in total. The van der Waals surface area contributed by atoms with E-state index in [9.17, 15) is 18.0 Å². The molecule has 0 aliphatic carbocycles. The Hall–Kier alpha value is -3.89. The Labute approximate surface area is 228 Å². The molecule has 206 valence electrons. The maximum Gasteiger partial charge on any atom is 0.266 e. The third-order valence-electron chi connectivity index (χ3n) is 6.44. The number of hydrogen-bond acceptors (Lipinski definition) is 6. The molecule has 1 atom stereocenters. The SMILES string of the molecule is CC(C)(C)c1ccc(C(Cc2ccc(C(=O)NCCS(=O)(=O)O)cc2)C(=O)Nc2ccc3c(c2)OCO3)cc1. The van der Waals surface area contributed by atoms with Gasteiger partial charge in [-0.3, -0.25) is 14.1 Å². The van der Waals surface area contributed by atoms with Crippen molar-refractivity contribution >= 4 is 27.6 Å². The van der Waals surface area contributed by atoms with Gasteiger partial charge in [0.2, 0.25) is 12.7 Å². The molecule has 1 unspecified atom stereocenters. The van der Waals surface area contributed by atoms with Gasteiger partial charge in [-0.05, 0) is 52.8 Å². The number of carbonyl (C=O) groups excluding carboxylic acids is 2. The van der Waals surface area contributed by atoms with Gasteiger partial charge in [-0.15, -0.1) is 0 Å². The zero-order valence-electron chi connectivity index (χ0n) is 22.1. The number of nitrogens with one attached hydrogen (secondary N) is 2. The van der Waals surface area contributed by atoms with Crippen LogP contribution in [0.4, 0.5) is 5.69 Å². The van der Waals surface area contributed by atoms with Gasteiger partial charge in [-0.1, -0.05) is 57.2 Å². The second-order valence-electron chi connectivity index (χ2n) is 10.4. The monoisotopic (exact) mass is 552 g/mol. The summed E-state index contributed by atoms with van der Waals surface area (Å²) in [5, 5.41) is 5.45. The molecule has 0 bridgehead atoms. The van der Waals surface area contributed by atoms with Crippen LogP contribution in [0, 0.1) is 0 Å². The Bertz CT molecular complexity index is 1440. The van der Waals surface area contributed by atoms with Crippen LogP contribution in [0.3, 0.4) is 0 Å². The van der Waals surface area contributed by atoms with Crippen LogP contribution in [0.1, 0.15) is 53.7 Å². The van der Waals surface area contributed by atoms with E-state index in [0.29, 0.717) is 29.2 Å². The molecule has 4 rings (SSSR count). The van der Waals surface area contributed by atoms with E-state index in [-0.39, 0.29) is 24.7 Å². The maximum absolute atomic E-state index is 13.6. The highest BCUT2D eigenvalue weighted by Crippen LogP contribution is 2.35. The third kappa shape index (κ3) is 7.58. The van der Waals surface area contributed by atoms with Crippen LogP contribution in [0.15, 0.2) is 66.7 Å². The van der Waals surface area contributed by atoms with Crippen LogP contribution in [0.25, 0.3) is 0 Å². The van der Waals surface area contributed by atoms with E-state index >= 15 is 0 Å². The number of fused-ring (bicyclic) bond motifs is 1. The molecule has 9 nitrogen and oxygen atoms in total. The molecule has 1 aliphatic rings. The van der Waals surface area contributed by atoms with Crippen molar-refractivity contribution in [1.82, 2.24) is 5.32 Å². The lowest BCUT2D eigenvalue weighted by molar-refractivity contribution is -0.117. The lowest BCUT2D eigenvalue weighted by Crippen LogP contribution is -2.28. The predicted octanol–water partition coefficient (Wildman–Crippen LogP) is 4.30. The summed E-state index contributed by atoms with van der Waals surface area (Å²) < 4.78 is 41.3. The zero-order valence-corrected chi connectivity index (χ0v) is 22.9. The summed E-state index contributed by atoms with van der Waals surface area (Å²) in [7, 11) is -4.16. The van der Waals surface area contributed by atoms with Crippen molar-refractivity contribution < 1.29 is 32.0 Å². The Morgan fingerprint density at radius 3 is 2.26 bits per heavy atom. The second-order valence-corrected chi connectivity index (χ2v) is 12.0. The van der Waals surface area contributed by atoms with Crippen molar-refractivity contribution in [3.05, 3.63) is 89.0 Å². The fourth-order valence-electron chi connectivity index (χ4n) is 4.20. The van der Waals surface area contributed by atoms with E-state index in [1.165, 1.54) is 0 Å². The maximum atomic E-state index is 13.6. The molecular weight excluding hydrogens is 520 g/mol. The Balaban J connectivity index is 1.52. The summed E-state index contributed by atoms with van der Waals surface area (Å²) in [5.74, 6) is -0.525. The number of hydrogen-bond donors (Lipinski definition) is 3. The minimum atomic E-state index is -4.16. The van der Waals surface area contributed by atoms with Crippen molar-refractivity contribution in [2.45, 2.75) is 38.5 Å². The van der Waals surface area contributed by atoms with Gasteiger partial charge in [-0.2, -0.15) is 8.42 Å². The summed E-state index contributed by atoms with van der Waals surface area (Å²) in [6.45, 7) is 6.33. The number of benzene rings is 3. The normalized spacial score (nSPS) is 13.5. The van der Waals surface area contributed by atoms with Crippen LogP contribution in [-0.2, 0) is 26.7 Å². The van der Waals surface area contributed by atoms with Gasteiger partial charge in [-0.25, -0.2) is 0 Å². The number of ether oxygens (including phenoxy) is 2. The lowest BCUT2D eigenvalue weighted by Gasteiger charge is -2.22. The largest absolute Gasteiger partial charge is 0.454 e. The lowest BCUT2D eigenvalue weighted by atomic mass is 9.84. The van der Waals surface area contributed by atoms with Gasteiger partial charge >= 0.3 is 0 Å². The van der Waals surface area contributed by atoms with E-state index in [2.05, 4.69) is 31.4 Å². The van der Waals surface area contributed by atoms with Crippen molar-refractivity contribution in [3.8, 4) is 11.5 Å². The van der Waals surface area contributed by atoms with E-state index in [1.807, 2.05) is 24.3 Å². The molecule has 0 radical (unpaired) electrons. The van der Waals surface area contributed by atoms with Crippen LogP contribution < -0.4 is 20.1 Å². The molecule has 0 aromatic heterocycles. The number of carbonyl (C=O) groups is 2. The first-order chi connectivity index (χ1) is 18.4. The Kier molecular flexibility index (Phi) is 8.27. The number of anilines is 1. The molecule has 3 aromatic carbocycles. The predicted molar refractivity (Wildman–Crippen MR) is 148 cm³/mol. The van der Waals surface area contributed by atoms with Gasteiger partial charge in [0.15, 0.2) is 11.5 Å². The summed E-state index contributed by atoms with van der Waals surface area (Å²) >= 11 is 0. The fraction of sp³-hybridized carbons (Fsp3) is 0.310. The van der Waals surface area contributed by atoms with Crippen molar-refractivity contribution in [2.75, 3.05) is 24.4 Å². The fourth-order valence-corrected chi connectivity index (χ4v) is 4.56. The summed E-state index contributed by atoms with van der Waals surface area (Å²) in [6.07, 6.45) is 0.385. The minimum Gasteiger partial charge on any atom is -0.454 e. The smallest absolute Gasteiger partial charge is 0.266 e. The molecule has 0 saturated heterocycles. The van der Waals surface area contributed by atoms with Crippen molar-refractivity contribution in [1.29, 1.82) is 0 Å². The summed E-state index contributed by atoms with van der Waals surface area (Å²) in [4.78, 5) is 25.9. The van der Waals surface area contributed by atoms with E-state index in [1.54, 1.807) is 42.5 Å². The Morgan fingerprint density at radius 2 is 1.62 bits per heavy atom. The number of amides is 2. The third-order valence-corrected chi connectivity index (χ3v) is 7.16. The quantitative estimate of drug-likeness (QED) is 0.338. The van der Waals surface area contributed by atoms with Crippen molar-refractivity contribution in [3.63, 3.8) is 0 Å². The topological polar surface area (TPSA) is 131 Å². The average molecular weight is 553 g/mol. The molecule has 3 aromatic rings. The Morgan fingerprint density at radius 1 is 0.949 bits per heavy atom. The van der Waals surface area contributed by atoms with Crippen LogP contribution in [0.5, 0.6) is 11.5 Å². The van der Waals surface area contributed by atoms with Crippen molar-refractivity contribution in [2.24, 2.45) is 0 Å². The van der Waals surface area contributed by atoms with E-state index in [0.717, 1.165) is 16.7 Å². The van der Waals surface area contributed by atoms with Gasteiger partial charge in [0.1, 0.15) is 0 Å². The standard InChI is InChI=1S/C29H32N2O7S/c1-29(2,3)22-10-8-20(9-11-22)24(28(33)31-23-12-13-25-26(17-23)38-18-37-25)16-19-4-6-21(7-5-19)27(32)30-14-15-39(34,35)36/h4-13,17,24H,14-16,18H2,1-3H3,(H,30,32)(H,31,33)(H,34,35,36). The first-order valence-electron chi connectivity index (χ1n) is 12.5. The average Bonchev–Trinajstić information content (AvgIpc) is 3.34. The highest BCUT2D eigenvalue weighted by Gasteiger charge is 2.24. The molecule has 0 spiro atoms. The molecule has 1 heterocycles. The van der Waals surface area contributed by atoms with Gasteiger partial charge in [0.05, 0.1) is 11.7 Å². The van der Waals surface area contributed by atoms with E-state index in [4.69, 9.17) is 14.0 Å². The van der Waals surface area contributed by atoms with Gasteiger partial charge in [0, 0.05) is 23.9 Å². The van der Waals surface area contributed by atoms with Crippen LogP contribution in [0.2, 0.25) is 0 Å².